The van der Waals surface area contributed by atoms with Crippen LogP contribution in [0.2, 0.25) is 0 Å². The van der Waals surface area contributed by atoms with Gasteiger partial charge >= 0.3 is 0 Å². The molecule has 0 saturated heterocycles. The molecular weight excluding hydrogens is 332 g/mol. The summed E-state index contributed by atoms with van der Waals surface area (Å²) in [6.45, 7) is 1.39. The first-order valence-electron chi connectivity index (χ1n) is 8.38. The second-order valence-corrected chi connectivity index (χ2v) is 7.56. The number of benzene rings is 2. The number of fused-ring (bicyclic) bond motifs is 1. The molecule has 2 amide bonds. The third-order valence-electron chi connectivity index (χ3n) is 4.07. The van der Waals surface area contributed by atoms with Gasteiger partial charge in [0, 0.05) is 18.0 Å². The van der Waals surface area contributed by atoms with E-state index in [9.17, 15) is 9.59 Å². The van der Waals surface area contributed by atoms with Crippen LogP contribution < -0.4 is 0 Å². The molecule has 2 aromatic carbocycles. The van der Waals surface area contributed by atoms with Crippen LogP contribution in [0.1, 0.15) is 32.7 Å². The molecule has 0 aromatic heterocycles. The summed E-state index contributed by atoms with van der Waals surface area (Å²) >= 11 is 1.76. The number of thioether (sulfide) groups is 1. The van der Waals surface area contributed by atoms with Gasteiger partial charge in [0.25, 0.3) is 11.8 Å². The maximum absolute atomic E-state index is 12.3. The van der Waals surface area contributed by atoms with Crippen LogP contribution in [0.4, 0.5) is 0 Å². The summed E-state index contributed by atoms with van der Waals surface area (Å²) in [7, 11) is 4.11. The number of nitrogens with zero attached hydrogens (tertiary/aromatic N) is 2. The van der Waals surface area contributed by atoms with Gasteiger partial charge in [0.15, 0.2) is 0 Å². The van der Waals surface area contributed by atoms with E-state index in [-0.39, 0.29) is 11.8 Å². The number of hydrogen-bond acceptors (Lipinski definition) is 4. The molecule has 0 atom stereocenters. The van der Waals surface area contributed by atoms with Crippen LogP contribution in [0.5, 0.6) is 0 Å². The minimum absolute atomic E-state index is 0.168. The zero-order valence-electron chi connectivity index (χ0n) is 14.6. The zero-order valence-corrected chi connectivity index (χ0v) is 15.4. The Hall–Kier alpha value is -2.11. The fourth-order valence-corrected chi connectivity index (χ4v) is 3.87. The second kappa shape index (κ2) is 7.85. The molecule has 0 saturated carbocycles. The Morgan fingerprint density at radius 3 is 2.28 bits per heavy atom. The van der Waals surface area contributed by atoms with E-state index >= 15 is 0 Å². The van der Waals surface area contributed by atoms with Crippen LogP contribution in [-0.4, -0.2) is 48.0 Å². The third kappa shape index (κ3) is 4.11. The summed E-state index contributed by atoms with van der Waals surface area (Å²) in [6, 6.07) is 15.5. The van der Waals surface area contributed by atoms with Crippen molar-refractivity contribution >= 4 is 23.6 Å². The molecule has 5 heteroatoms. The van der Waals surface area contributed by atoms with E-state index in [2.05, 4.69) is 43.3 Å². The average Bonchev–Trinajstić information content (AvgIpc) is 2.83. The number of rotatable bonds is 7. The quantitative estimate of drug-likeness (QED) is 0.433. The SMILES string of the molecule is CN(C)Cc1cccc(SCCCN2C(=O)c3ccccc3C2=O)c1. The molecule has 0 fully saturated rings. The summed E-state index contributed by atoms with van der Waals surface area (Å²) < 4.78 is 0. The smallest absolute Gasteiger partial charge is 0.261 e. The molecule has 1 aliphatic heterocycles. The molecule has 0 N–H and O–H groups in total. The van der Waals surface area contributed by atoms with Gasteiger partial charge in [-0.1, -0.05) is 24.3 Å². The van der Waals surface area contributed by atoms with Crippen molar-refractivity contribution in [3.05, 3.63) is 65.2 Å². The Balaban J connectivity index is 1.51. The van der Waals surface area contributed by atoms with Crippen molar-refractivity contribution in [3.8, 4) is 0 Å². The monoisotopic (exact) mass is 354 g/mol. The third-order valence-corrected chi connectivity index (χ3v) is 5.15. The van der Waals surface area contributed by atoms with Crippen LogP contribution in [0.25, 0.3) is 0 Å². The van der Waals surface area contributed by atoms with Crippen molar-refractivity contribution < 1.29 is 9.59 Å². The van der Waals surface area contributed by atoms with Gasteiger partial charge in [-0.25, -0.2) is 0 Å². The maximum Gasteiger partial charge on any atom is 0.261 e. The van der Waals surface area contributed by atoms with Crippen LogP contribution in [0, 0.1) is 0 Å². The van der Waals surface area contributed by atoms with Gasteiger partial charge in [-0.2, -0.15) is 0 Å². The van der Waals surface area contributed by atoms with Crippen molar-refractivity contribution in [2.75, 3.05) is 26.4 Å². The fourth-order valence-electron chi connectivity index (χ4n) is 2.95. The van der Waals surface area contributed by atoms with Gasteiger partial charge in [-0.3, -0.25) is 14.5 Å². The lowest BCUT2D eigenvalue weighted by atomic mass is 10.1. The van der Waals surface area contributed by atoms with Crippen LogP contribution in [-0.2, 0) is 6.54 Å². The van der Waals surface area contributed by atoms with Crippen molar-refractivity contribution in [2.24, 2.45) is 0 Å². The molecule has 0 bridgehead atoms. The topological polar surface area (TPSA) is 40.6 Å². The number of hydrogen-bond donors (Lipinski definition) is 0. The van der Waals surface area contributed by atoms with E-state index in [1.807, 2.05) is 0 Å². The van der Waals surface area contributed by atoms with E-state index in [1.165, 1.54) is 15.4 Å². The minimum Gasteiger partial charge on any atom is -0.305 e. The highest BCUT2D eigenvalue weighted by Gasteiger charge is 2.34. The molecule has 4 nitrogen and oxygen atoms in total. The van der Waals surface area contributed by atoms with Gasteiger partial charge in [0.1, 0.15) is 0 Å². The second-order valence-electron chi connectivity index (χ2n) is 6.39. The van der Waals surface area contributed by atoms with Gasteiger partial charge < -0.3 is 4.90 Å². The van der Waals surface area contributed by atoms with Crippen LogP contribution >= 0.6 is 11.8 Å². The number of carbonyl (C=O) groups excluding carboxylic acids is 2. The largest absolute Gasteiger partial charge is 0.305 e. The van der Waals surface area contributed by atoms with E-state index in [1.54, 1.807) is 36.0 Å². The zero-order chi connectivity index (χ0) is 17.8. The van der Waals surface area contributed by atoms with E-state index in [0.717, 1.165) is 18.7 Å². The molecule has 3 rings (SSSR count). The number of imide groups is 1. The van der Waals surface area contributed by atoms with Crippen LogP contribution in [0.15, 0.2) is 53.4 Å². The van der Waals surface area contributed by atoms with E-state index in [0.29, 0.717) is 17.7 Å². The lowest BCUT2D eigenvalue weighted by molar-refractivity contribution is 0.0655. The first-order chi connectivity index (χ1) is 12.1. The first-order valence-corrected chi connectivity index (χ1v) is 9.36. The highest BCUT2D eigenvalue weighted by molar-refractivity contribution is 7.99. The molecular formula is C20H22N2O2S. The minimum atomic E-state index is -0.168. The normalized spacial score (nSPS) is 13.6. The van der Waals surface area contributed by atoms with Crippen molar-refractivity contribution in [2.45, 2.75) is 17.9 Å². The Kier molecular flexibility index (Phi) is 5.56. The van der Waals surface area contributed by atoms with E-state index < -0.39 is 0 Å². The molecule has 0 spiro atoms. The maximum atomic E-state index is 12.3. The molecule has 1 aliphatic rings. The highest BCUT2D eigenvalue weighted by atomic mass is 32.2. The predicted molar refractivity (Wildman–Crippen MR) is 101 cm³/mol. The summed E-state index contributed by atoms with van der Waals surface area (Å²) in [4.78, 5) is 29.4. The molecule has 25 heavy (non-hydrogen) atoms. The number of carbonyl (C=O) groups is 2. The highest BCUT2D eigenvalue weighted by Crippen LogP contribution is 2.24. The molecule has 0 aliphatic carbocycles. The average molecular weight is 354 g/mol. The molecule has 130 valence electrons. The standard InChI is InChI=1S/C20H22N2O2S/c1-21(2)14-15-7-5-8-16(13-15)25-12-6-11-22-19(23)17-9-3-4-10-18(17)20(22)24/h3-5,7-10,13H,6,11-12,14H2,1-2H3. The Morgan fingerprint density at radius 1 is 0.960 bits per heavy atom. The van der Waals surface area contributed by atoms with Gasteiger partial charge in [0.2, 0.25) is 0 Å². The van der Waals surface area contributed by atoms with Crippen LogP contribution in [0.3, 0.4) is 0 Å². The summed E-state index contributed by atoms with van der Waals surface area (Å²) in [6.07, 6.45) is 0.786. The Labute approximate surface area is 152 Å². The van der Waals surface area contributed by atoms with Crippen molar-refractivity contribution in [3.63, 3.8) is 0 Å². The fraction of sp³-hybridized carbons (Fsp3) is 0.300. The molecule has 1 heterocycles. The lowest BCUT2D eigenvalue weighted by Crippen LogP contribution is -2.30. The Morgan fingerprint density at radius 2 is 1.64 bits per heavy atom. The van der Waals surface area contributed by atoms with E-state index in [4.69, 9.17) is 0 Å². The van der Waals surface area contributed by atoms with Crippen molar-refractivity contribution in [1.82, 2.24) is 9.80 Å². The van der Waals surface area contributed by atoms with Gasteiger partial charge in [0.05, 0.1) is 11.1 Å². The van der Waals surface area contributed by atoms with Gasteiger partial charge in [-0.05, 0) is 56.1 Å². The summed E-state index contributed by atoms with van der Waals surface area (Å²) in [5.41, 5.74) is 2.34. The first kappa shape index (κ1) is 17.7. The lowest BCUT2D eigenvalue weighted by Gasteiger charge is -2.14. The van der Waals surface area contributed by atoms with Crippen molar-refractivity contribution in [1.29, 1.82) is 0 Å². The molecule has 0 radical (unpaired) electrons. The molecule has 2 aromatic rings. The molecule has 0 unspecified atom stereocenters. The summed E-state index contributed by atoms with van der Waals surface area (Å²) in [5, 5.41) is 0. The Bertz CT molecular complexity index is 754. The summed E-state index contributed by atoms with van der Waals surface area (Å²) in [5.74, 6) is 0.538. The predicted octanol–water partition coefficient (Wildman–Crippen LogP) is 3.53. The number of amides is 2. The van der Waals surface area contributed by atoms with Gasteiger partial charge in [-0.15, -0.1) is 11.8 Å².